The summed E-state index contributed by atoms with van der Waals surface area (Å²) in [7, 11) is -7.99. The van der Waals surface area contributed by atoms with Gasteiger partial charge in [-0.1, -0.05) is 6.07 Å². The number of aromatic nitrogens is 1. The third-order valence-electron chi connectivity index (χ3n) is 4.20. The minimum absolute atomic E-state index is 1.80. The molecule has 1 rings (SSSR count). The maximum Gasteiger partial charge on any atom is 0.402 e. The molecule has 0 aliphatic rings. The first-order valence-corrected chi connectivity index (χ1v) is 10.4. The van der Waals surface area contributed by atoms with Gasteiger partial charge in [-0.3, -0.25) is 0 Å². The minimum atomic E-state index is -8.43. The lowest BCUT2D eigenvalue weighted by Gasteiger charge is -2.42. The van der Waals surface area contributed by atoms with Crippen molar-refractivity contribution in [1.29, 1.82) is 0 Å². The van der Waals surface area contributed by atoms with Crippen LogP contribution in [0.5, 0.6) is 0 Å². The van der Waals surface area contributed by atoms with Crippen LogP contribution in [0.25, 0.3) is 0 Å². The third kappa shape index (κ3) is 6.88. The molecule has 0 fully saturated rings. The van der Waals surface area contributed by atoms with Crippen LogP contribution >= 0.6 is 0 Å². The third-order valence-corrected chi connectivity index (χ3v) is 5.08. The van der Waals surface area contributed by atoms with Crippen molar-refractivity contribution >= 4 is 10.1 Å². The first-order valence-electron chi connectivity index (χ1n) is 8.97. The molecule has 1 N–H and O–H groups in total. The fourth-order valence-electron chi connectivity index (χ4n) is 2.15. The number of pyridine rings is 1. The Bertz CT molecular complexity index is 939. The highest BCUT2D eigenvalue weighted by molar-refractivity contribution is 7.86. The van der Waals surface area contributed by atoms with Gasteiger partial charge in [0.2, 0.25) is 0 Å². The van der Waals surface area contributed by atoms with Crippen molar-refractivity contribution in [3.63, 3.8) is 0 Å². The summed E-state index contributed by atoms with van der Waals surface area (Å²) in [6.45, 7) is 0. The molecular formula is C16H13F16NO3S. The van der Waals surface area contributed by atoms with Gasteiger partial charge in [0.15, 0.2) is 28.7 Å². The van der Waals surface area contributed by atoms with Crippen LogP contribution in [-0.4, -0.2) is 60.2 Å². The maximum absolute atomic E-state index is 13.4. The number of hydrogen-bond donors (Lipinski definition) is 0. The molecule has 1 unspecified atom stereocenters. The lowest BCUT2D eigenvalue weighted by Crippen LogP contribution is -2.72. The Kier molecular flexibility index (Phi) is 10.4. The number of rotatable bonds is 10. The molecule has 218 valence electrons. The maximum atomic E-state index is 13.4. The number of alkyl halides is 16. The molecule has 1 aromatic heterocycles. The zero-order valence-electron chi connectivity index (χ0n) is 17.3. The highest BCUT2D eigenvalue weighted by atomic mass is 32.2. The van der Waals surface area contributed by atoms with E-state index in [-0.39, 0.29) is 0 Å². The van der Waals surface area contributed by atoms with Crippen molar-refractivity contribution in [1.82, 2.24) is 0 Å². The fourth-order valence-corrected chi connectivity index (χ4v) is 2.59. The van der Waals surface area contributed by atoms with Crippen molar-refractivity contribution < 1.29 is 88.2 Å². The van der Waals surface area contributed by atoms with E-state index in [0.29, 0.717) is 0 Å². The fraction of sp³-hybridized carbons (Fsp3) is 0.688. The monoisotopic (exact) mass is 603 g/mol. The van der Waals surface area contributed by atoms with Crippen molar-refractivity contribution in [2.75, 3.05) is 0 Å². The quantitative estimate of drug-likeness (QED) is 0.248. The molecule has 37 heavy (non-hydrogen) atoms. The average Bonchev–Trinajstić information content (AvgIpc) is 2.72. The van der Waals surface area contributed by atoms with Gasteiger partial charge in [-0.15, -0.1) is 0 Å². The van der Waals surface area contributed by atoms with E-state index >= 15 is 0 Å². The van der Waals surface area contributed by atoms with Gasteiger partial charge < -0.3 is 4.55 Å². The molecule has 0 aliphatic carbocycles. The molecule has 0 amide bonds. The summed E-state index contributed by atoms with van der Waals surface area (Å²) in [6.07, 6.45) is -12.6. The van der Waals surface area contributed by atoms with Gasteiger partial charge in [0.25, 0.3) is 0 Å². The second-order valence-corrected chi connectivity index (χ2v) is 8.36. The van der Waals surface area contributed by atoms with E-state index in [1.807, 2.05) is 30.6 Å². The summed E-state index contributed by atoms with van der Waals surface area (Å²) in [6, 6.07) is 5.86. The standard InChI is InChI=1S/C11H8F16O3S.C5H5N/c12-4(2-1-3-5(13,14)15)6(16,17)7(18,19)8(20,21)9(22,23)10(24,25)11(26,27)31(28,29)30;1-2-4-6-5-3-1/h4H,1-3H2,(H,28,29,30);1-5H. The zero-order chi connectivity index (χ0) is 29.9. The molecule has 1 aromatic rings. The van der Waals surface area contributed by atoms with Gasteiger partial charge in [0.1, 0.15) is 0 Å². The second-order valence-electron chi connectivity index (χ2n) is 6.94. The van der Waals surface area contributed by atoms with Crippen molar-refractivity contribution in [3.8, 4) is 0 Å². The van der Waals surface area contributed by atoms with Crippen LogP contribution in [0.3, 0.4) is 0 Å². The Morgan fingerprint density at radius 1 is 0.676 bits per heavy atom. The summed E-state index contributed by atoms with van der Waals surface area (Å²) >= 11 is 0. The molecule has 0 aliphatic heterocycles. The molecule has 1 heterocycles. The summed E-state index contributed by atoms with van der Waals surface area (Å²) in [4.78, 5) is 2.89. The average molecular weight is 603 g/mol. The van der Waals surface area contributed by atoms with Gasteiger partial charge in [0.05, 0.1) is 0 Å². The number of aromatic amines is 1. The van der Waals surface area contributed by atoms with Gasteiger partial charge in [-0.25, -0.2) is 17.8 Å². The summed E-state index contributed by atoms with van der Waals surface area (Å²) in [5, 5.41) is -7.75. The lowest BCUT2D eigenvalue weighted by atomic mass is 9.91. The van der Waals surface area contributed by atoms with Crippen molar-refractivity contribution in [2.45, 2.75) is 66.5 Å². The Balaban J connectivity index is 0.00000187. The van der Waals surface area contributed by atoms with Crippen molar-refractivity contribution in [3.05, 3.63) is 30.6 Å². The Hall–Kier alpha value is -2.06. The zero-order valence-corrected chi connectivity index (χ0v) is 18.1. The van der Waals surface area contributed by atoms with Gasteiger partial charge in [0, 0.05) is 18.6 Å². The van der Waals surface area contributed by atoms with Gasteiger partial charge in [-0.2, -0.15) is 65.9 Å². The molecule has 1 atom stereocenters. The van der Waals surface area contributed by atoms with Crippen LogP contribution in [0, 0.1) is 0 Å². The molecule has 0 saturated carbocycles. The van der Waals surface area contributed by atoms with Crippen LogP contribution in [-0.2, 0) is 10.1 Å². The molecule has 0 radical (unpaired) electrons. The highest BCUT2D eigenvalue weighted by Gasteiger charge is 2.91. The topological polar surface area (TPSA) is 71.3 Å². The Labute approximate surface area is 196 Å². The number of nitrogens with one attached hydrogen (secondary N) is 1. The van der Waals surface area contributed by atoms with E-state index in [4.69, 9.17) is 0 Å². The van der Waals surface area contributed by atoms with Crippen molar-refractivity contribution in [2.24, 2.45) is 0 Å². The van der Waals surface area contributed by atoms with E-state index in [0.717, 1.165) is 0 Å². The van der Waals surface area contributed by atoms with Crippen LogP contribution in [0.15, 0.2) is 30.6 Å². The molecule has 4 nitrogen and oxygen atoms in total. The lowest BCUT2D eigenvalue weighted by molar-refractivity contribution is -0.421. The molecule has 21 heteroatoms. The summed E-state index contributed by atoms with van der Waals surface area (Å²) in [5.41, 5.74) is 0. The molecule has 0 bridgehead atoms. The number of hydrogen-bond acceptors (Lipinski definition) is 3. The van der Waals surface area contributed by atoms with E-state index in [1.54, 1.807) is 0 Å². The first kappa shape index (κ1) is 34.9. The van der Waals surface area contributed by atoms with Crippen LogP contribution in [0.1, 0.15) is 19.3 Å². The van der Waals surface area contributed by atoms with Crippen LogP contribution < -0.4 is 4.98 Å². The Morgan fingerprint density at radius 3 is 1.38 bits per heavy atom. The van der Waals surface area contributed by atoms with E-state index < -0.39 is 76.6 Å². The number of H-pyrrole nitrogens is 1. The van der Waals surface area contributed by atoms with Gasteiger partial charge in [-0.05, 0) is 12.8 Å². The Morgan fingerprint density at radius 2 is 1.08 bits per heavy atom. The van der Waals surface area contributed by atoms with Crippen LogP contribution in [0.2, 0.25) is 0 Å². The molecular weight excluding hydrogens is 590 g/mol. The van der Waals surface area contributed by atoms with E-state index in [1.165, 1.54) is 0 Å². The summed E-state index contributed by atoms with van der Waals surface area (Å²) < 4.78 is 237. The van der Waals surface area contributed by atoms with E-state index in [2.05, 4.69) is 4.98 Å². The largest absolute Gasteiger partial charge is 0.743 e. The summed E-state index contributed by atoms with van der Waals surface area (Å²) in [5.74, 6) is -40.2. The predicted molar refractivity (Wildman–Crippen MR) is 87.2 cm³/mol. The minimum Gasteiger partial charge on any atom is -0.743 e. The van der Waals surface area contributed by atoms with Gasteiger partial charge >= 0.3 is 41.0 Å². The van der Waals surface area contributed by atoms with Crippen LogP contribution in [0.4, 0.5) is 70.2 Å². The normalized spacial score (nSPS) is 15.6. The van der Waals surface area contributed by atoms with E-state index in [9.17, 15) is 83.2 Å². The highest BCUT2D eigenvalue weighted by Crippen LogP contribution is 2.61. The molecule has 0 saturated heterocycles. The predicted octanol–water partition coefficient (Wildman–Crippen LogP) is 5.87. The SMILES string of the molecule is O=S(=O)([O-])C(F)(F)C(F)(F)C(F)(F)C(F)(F)C(F)(F)C(F)(F)C(F)CCCC(F)(F)F.c1cc[nH+]cc1. The number of halogens is 16. The molecule has 0 aromatic carbocycles. The first-order chi connectivity index (χ1) is 16.1. The molecule has 0 spiro atoms. The second kappa shape index (κ2) is 11.0. The smallest absolute Gasteiger partial charge is 0.402 e.